The highest BCUT2D eigenvalue weighted by molar-refractivity contribution is 5.77. The van der Waals surface area contributed by atoms with E-state index >= 15 is 0 Å². The van der Waals surface area contributed by atoms with Gasteiger partial charge in [0.05, 0.1) is 12.6 Å². The maximum absolute atomic E-state index is 13.2. The lowest BCUT2D eigenvalue weighted by Gasteiger charge is -2.51. The summed E-state index contributed by atoms with van der Waals surface area (Å²) in [4.78, 5) is 15.2. The summed E-state index contributed by atoms with van der Waals surface area (Å²) in [6.45, 7) is 1.23. The largest absolute Gasteiger partial charge is 0.497 e. The number of aliphatic hydroxyl groups excluding tert-OH is 1. The van der Waals surface area contributed by atoms with Crippen LogP contribution >= 0.6 is 0 Å². The van der Waals surface area contributed by atoms with Crippen molar-refractivity contribution in [3.63, 3.8) is 0 Å². The molecular weight excluding hydrogens is 352 g/mol. The number of hydrogen-bond donors (Lipinski definition) is 2. The van der Waals surface area contributed by atoms with Crippen LogP contribution in [0.15, 0.2) is 42.5 Å². The Morgan fingerprint density at radius 1 is 1.18 bits per heavy atom. The van der Waals surface area contributed by atoms with Gasteiger partial charge in [-0.25, -0.2) is 4.79 Å². The molecule has 5 heteroatoms. The summed E-state index contributed by atoms with van der Waals surface area (Å²) >= 11 is 0. The number of carbonyl (C=O) groups is 1. The van der Waals surface area contributed by atoms with Crippen LogP contribution in [0.1, 0.15) is 41.5 Å². The van der Waals surface area contributed by atoms with Gasteiger partial charge in [0.2, 0.25) is 0 Å². The average molecular weight is 380 g/mol. The average Bonchev–Trinajstić information content (AvgIpc) is 2.74. The second-order valence-electron chi connectivity index (χ2n) is 7.60. The number of benzene rings is 2. The fourth-order valence-corrected chi connectivity index (χ4v) is 4.89. The fraction of sp³-hybridized carbons (Fsp3) is 0.435. The molecule has 0 saturated heterocycles. The number of rotatable bonds is 4. The molecule has 1 spiro atoms. The topological polar surface area (TPSA) is 61.8 Å². The summed E-state index contributed by atoms with van der Waals surface area (Å²) in [6, 6.07) is 14.8. The lowest BCUT2D eigenvalue weighted by atomic mass is 9.68. The van der Waals surface area contributed by atoms with Crippen molar-refractivity contribution in [3.8, 4) is 5.75 Å². The molecule has 4 rings (SSSR count). The van der Waals surface area contributed by atoms with Crippen molar-refractivity contribution in [1.29, 1.82) is 0 Å². The van der Waals surface area contributed by atoms with Crippen LogP contribution in [0.2, 0.25) is 0 Å². The summed E-state index contributed by atoms with van der Waals surface area (Å²) < 4.78 is 5.45. The molecule has 0 aromatic heterocycles. The SMILES string of the molecule is COc1ccc2c(c1)CCN(C(=O)NCCCO)C21CCCc2ccccc21. The molecule has 2 amide bonds. The van der Waals surface area contributed by atoms with Crippen LogP contribution in [0.25, 0.3) is 0 Å². The predicted molar refractivity (Wildman–Crippen MR) is 109 cm³/mol. The molecule has 0 saturated carbocycles. The Morgan fingerprint density at radius 2 is 2.00 bits per heavy atom. The molecule has 2 aromatic carbocycles. The Morgan fingerprint density at radius 3 is 2.82 bits per heavy atom. The Labute approximate surface area is 166 Å². The zero-order valence-corrected chi connectivity index (χ0v) is 16.4. The first-order chi connectivity index (χ1) is 13.7. The number of amides is 2. The number of ether oxygens (including phenoxy) is 1. The number of nitrogens with one attached hydrogen (secondary N) is 1. The van der Waals surface area contributed by atoms with E-state index in [1.807, 2.05) is 11.0 Å². The Hall–Kier alpha value is -2.53. The van der Waals surface area contributed by atoms with E-state index in [1.54, 1.807) is 7.11 Å². The lowest BCUT2D eigenvalue weighted by molar-refractivity contribution is 0.114. The van der Waals surface area contributed by atoms with Gasteiger partial charge in [0.1, 0.15) is 5.75 Å². The smallest absolute Gasteiger partial charge is 0.318 e. The molecule has 1 aliphatic carbocycles. The molecule has 2 N–H and O–H groups in total. The standard InChI is InChI=1S/C23H28N2O3/c1-28-19-9-10-21-18(16-19)11-14-25(22(27)24-13-5-15-26)23(21)12-4-7-17-6-2-3-8-20(17)23/h2-3,6,8-10,16,26H,4-5,7,11-15H2,1H3,(H,24,27). The number of fused-ring (bicyclic) bond motifs is 4. The van der Waals surface area contributed by atoms with Crippen LogP contribution in [0.5, 0.6) is 5.75 Å². The van der Waals surface area contributed by atoms with Crippen molar-refractivity contribution in [1.82, 2.24) is 10.2 Å². The molecule has 148 valence electrons. The van der Waals surface area contributed by atoms with E-state index in [9.17, 15) is 4.79 Å². The van der Waals surface area contributed by atoms with Crippen molar-refractivity contribution < 1.29 is 14.6 Å². The molecule has 1 unspecified atom stereocenters. The van der Waals surface area contributed by atoms with E-state index in [4.69, 9.17) is 9.84 Å². The van der Waals surface area contributed by atoms with Crippen LogP contribution in [0.4, 0.5) is 4.79 Å². The van der Waals surface area contributed by atoms with Crippen molar-refractivity contribution >= 4 is 6.03 Å². The number of urea groups is 1. The van der Waals surface area contributed by atoms with Crippen LogP contribution in [0, 0.1) is 0 Å². The van der Waals surface area contributed by atoms with Gasteiger partial charge < -0.3 is 20.1 Å². The highest BCUT2D eigenvalue weighted by atomic mass is 16.5. The molecular formula is C23H28N2O3. The summed E-state index contributed by atoms with van der Waals surface area (Å²) in [5, 5.41) is 12.1. The van der Waals surface area contributed by atoms with Gasteiger partial charge in [-0.15, -0.1) is 0 Å². The first kappa shape index (κ1) is 18.8. The highest BCUT2D eigenvalue weighted by Crippen LogP contribution is 2.49. The minimum Gasteiger partial charge on any atom is -0.497 e. The first-order valence-corrected chi connectivity index (χ1v) is 10.1. The Balaban J connectivity index is 1.84. The molecule has 1 heterocycles. The van der Waals surface area contributed by atoms with E-state index < -0.39 is 5.54 Å². The van der Waals surface area contributed by atoms with E-state index in [1.165, 1.54) is 22.3 Å². The van der Waals surface area contributed by atoms with Crippen LogP contribution in [-0.2, 0) is 18.4 Å². The Bertz CT molecular complexity index is 867. The number of methoxy groups -OCH3 is 1. The molecule has 1 aliphatic heterocycles. The minimum atomic E-state index is -0.446. The second-order valence-corrected chi connectivity index (χ2v) is 7.60. The third kappa shape index (κ3) is 3.04. The van der Waals surface area contributed by atoms with E-state index in [-0.39, 0.29) is 12.6 Å². The van der Waals surface area contributed by atoms with Crippen LogP contribution < -0.4 is 10.1 Å². The number of hydrogen-bond acceptors (Lipinski definition) is 3. The third-order valence-electron chi connectivity index (χ3n) is 6.13. The first-order valence-electron chi connectivity index (χ1n) is 10.1. The molecule has 0 radical (unpaired) electrons. The molecule has 0 bridgehead atoms. The van der Waals surface area contributed by atoms with Gasteiger partial charge in [0.25, 0.3) is 0 Å². The van der Waals surface area contributed by atoms with Crippen LogP contribution in [0.3, 0.4) is 0 Å². The minimum absolute atomic E-state index is 0.0494. The second kappa shape index (κ2) is 7.84. The van der Waals surface area contributed by atoms with Gasteiger partial charge >= 0.3 is 6.03 Å². The van der Waals surface area contributed by atoms with Crippen molar-refractivity contribution in [2.24, 2.45) is 0 Å². The van der Waals surface area contributed by atoms with Crippen molar-refractivity contribution in [3.05, 3.63) is 64.7 Å². The number of aryl methyl sites for hydroxylation is 1. The van der Waals surface area contributed by atoms with Gasteiger partial charge in [-0.3, -0.25) is 0 Å². The zero-order valence-electron chi connectivity index (χ0n) is 16.4. The maximum atomic E-state index is 13.2. The van der Waals surface area contributed by atoms with Gasteiger partial charge in [-0.2, -0.15) is 0 Å². The molecule has 2 aromatic rings. The number of nitrogens with zero attached hydrogens (tertiary/aromatic N) is 1. The molecule has 2 aliphatic rings. The van der Waals surface area contributed by atoms with E-state index in [0.29, 0.717) is 19.5 Å². The Kier molecular flexibility index (Phi) is 5.27. The quantitative estimate of drug-likeness (QED) is 0.801. The normalized spacial score (nSPS) is 20.4. The van der Waals surface area contributed by atoms with E-state index in [0.717, 1.165) is 31.4 Å². The van der Waals surface area contributed by atoms with Gasteiger partial charge in [-0.1, -0.05) is 30.3 Å². The molecule has 5 nitrogen and oxygen atoms in total. The maximum Gasteiger partial charge on any atom is 0.318 e. The van der Waals surface area contributed by atoms with Crippen molar-refractivity contribution in [2.75, 3.05) is 26.8 Å². The molecule has 28 heavy (non-hydrogen) atoms. The van der Waals surface area contributed by atoms with Gasteiger partial charge in [0, 0.05) is 19.7 Å². The summed E-state index contributed by atoms with van der Waals surface area (Å²) in [7, 11) is 1.69. The summed E-state index contributed by atoms with van der Waals surface area (Å²) in [5.74, 6) is 0.860. The molecule has 1 atom stereocenters. The zero-order chi connectivity index (χ0) is 19.6. The van der Waals surface area contributed by atoms with E-state index in [2.05, 4.69) is 41.7 Å². The summed E-state index contributed by atoms with van der Waals surface area (Å²) in [5.41, 5.74) is 4.59. The van der Waals surface area contributed by atoms with Gasteiger partial charge in [-0.05, 0) is 66.5 Å². The predicted octanol–water partition coefficient (Wildman–Crippen LogP) is 3.23. The summed E-state index contributed by atoms with van der Waals surface area (Å²) in [6.07, 6.45) is 4.38. The number of carbonyl (C=O) groups excluding carboxylic acids is 1. The number of aliphatic hydroxyl groups is 1. The van der Waals surface area contributed by atoms with Crippen LogP contribution in [-0.4, -0.2) is 42.8 Å². The highest BCUT2D eigenvalue weighted by Gasteiger charge is 2.48. The van der Waals surface area contributed by atoms with Gasteiger partial charge in [0.15, 0.2) is 0 Å². The monoisotopic (exact) mass is 380 g/mol. The molecule has 0 fully saturated rings. The lowest BCUT2D eigenvalue weighted by Crippen LogP contribution is -2.58. The third-order valence-corrected chi connectivity index (χ3v) is 6.13. The van der Waals surface area contributed by atoms with Crippen molar-refractivity contribution in [2.45, 2.75) is 37.6 Å². The fourth-order valence-electron chi connectivity index (χ4n) is 4.89.